The first-order valence-electron chi connectivity index (χ1n) is 6.60. The summed E-state index contributed by atoms with van der Waals surface area (Å²) in [5.74, 6) is -1.35. The number of ether oxygens (including phenoxy) is 2. The molecule has 5 heteroatoms. The van der Waals surface area contributed by atoms with Gasteiger partial charge in [-0.15, -0.1) is 0 Å². The van der Waals surface area contributed by atoms with E-state index in [0.717, 1.165) is 6.29 Å². The predicted molar refractivity (Wildman–Crippen MR) is 67.8 cm³/mol. The van der Waals surface area contributed by atoms with Crippen LogP contribution in [0.15, 0.2) is 30.3 Å². The van der Waals surface area contributed by atoms with E-state index in [9.17, 15) is 14.4 Å². The zero-order chi connectivity index (χ0) is 14.1. The third kappa shape index (κ3) is 2.19. The molecule has 0 radical (unpaired) electrons. The Morgan fingerprint density at radius 2 is 2.05 bits per heavy atom. The molecule has 4 atom stereocenters. The molecule has 1 saturated heterocycles. The third-order valence-electron chi connectivity index (χ3n) is 3.98. The standard InChI is InChI=1S/C15H14O5/c16-8-11-10-6-14(17)19-12(10)7-13(11)20-15(18)9-4-2-1-3-5-9/h1-5,8,10-13H,6-7H2/t10-,11+,12-,13+/m1/s1. The fourth-order valence-electron chi connectivity index (χ4n) is 2.99. The van der Waals surface area contributed by atoms with Crippen molar-refractivity contribution in [2.75, 3.05) is 0 Å². The zero-order valence-electron chi connectivity index (χ0n) is 10.7. The summed E-state index contributed by atoms with van der Waals surface area (Å²) in [5.41, 5.74) is 0.450. The van der Waals surface area contributed by atoms with E-state index >= 15 is 0 Å². The molecule has 20 heavy (non-hydrogen) atoms. The van der Waals surface area contributed by atoms with E-state index in [1.807, 2.05) is 6.07 Å². The quantitative estimate of drug-likeness (QED) is 0.615. The maximum Gasteiger partial charge on any atom is 0.338 e. The Balaban J connectivity index is 1.71. The van der Waals surface area contributed by atoms with Gasteiger partial charge in [0.15, 0.2) is 0 Å². The van der Waals surface area contributed by atoms with Crippen molar-refractivity contribution < 1.29 is 23.9 Å². The maximum atomic E-state index is 12.0. The number of aldehydes is 1. The first-order valence-corrected chi connectivity index (χ1v) is 6.60. The molecule has 5 nitrogen and oxygen atoms in total. The van der Waals surface area contributed by atoms with Crippen LogP contribution in [0, 0.1) is 11.8 Å². The van der Waals surface area contributed by atoms with E-state index in [1.165, 1.54) is 0 Å². The molecule has 0 bridgehead atoms. The third-order valence-corrected chi connectivity index (χ3v) is 3.98. The molecule has 3 rings (SSSR count). The molecule has 1 aliphatic carbocycles. The number of hydrogen-bond acceptors (Lipinski definition) is 5. The van der Waals surface area contributed by atoms with E-state index < -0.39 is 18.0 Å². The molecule has 104 valence electrons. The maximum absolute atomic E-state index is 12.0. The molecule has 0 amide bonds. The van der Waals surface area contributed by atoms with Crippen LogP contribution in [0.25, 0.3) is 0 Å². The number of carbonyl (C=O) groups is 3. The van der Waals surface area contributed by atoms with Gasteiger partial charge in [0.1, 0.15) is 18.5 Å². The van der Waals surface area contributed by atoms with Gasteiger partial charge >= 0.3 is 11.9 Å². The summed E-state index contributed by atoms with van der Waals surface area (Å²) in [5, 5.41) is 0. The molecule has 1 aliphatic heterocycles. The van der Waals surface area contributed by atoms with Crippen molar-refractivity contribution in [3.63, 3.8) is 0 Å². The van der Waals surface area contributed by atoms with E-state index in [0.29, 0.717) is 12.0 Å². The molecule has 1 aromatic rings. The van der Waals surface area contributed by atoms with Crippen molar-refractivity contribution >= 4 is 18.2 Å². The molecule has 2 fully saturated rings. The molecule has 0 spiro atoms. The summed E-state index contributed by atoms with van der Waals surface area (Å²) >= 11 is 0. The topological polar surface area (TPSA) is 69.7 Å². The van der Waals surface area contributed by atoms with E-state index in [-0.39, 0.29) is 24.4 Å². The van der Waals surface area contributed by atoms with Crippen molar-refractivity contribution in [2.24, 2.45) is 11.8 Å². The van der Waals surface area contributed by atoms with Crippen molar-refractivity contribution in [3.05, 3.63) is 35.9 Å². The van der Waals surface area contributed by atoms with Crippen LogP contribution < -0.4 is 0 Å². The van der Waals surface area contributed by atoms with Crippen molar-refractivity contribution in [3.8, 4) is 0 Å². The van der Waals surface area contributed by atoms with E-state index in [1.54, 1.807) is 24.3 Å². The second kappa shape index (κ2) is 5.07. The summed E-state index contributed by atoms with van der Waals surface area (Å²) in [6, 6.07) is 8.63. The van der Waals surface area contributed by atoms with Crippen LogP contribution >= 0.6 is 0 Å². The molecule has 1 saturated carbocycles. The molecule has 1 heterocycles. The van der Waals surface area contributed by atoms with Gasteiger partial charge in [-0.1, -0.05) is 18.2 Å². The highest BCUT2D eigenvalue weighted by Gasteiger charge is 2.51. The Labute approximate surface area is 115 Å². The minimum Gasteiger partial charge on any atom is -0.462 e. The summed E-state index contributed by atoms with van der Waals surface area (Å²) < 4.78 is 10.6. The lowest BCUT2D eigenvalue weighted by molar-refractivity contribution is -0.141. The number of rotatable bonds is 3. The first-order chi connectivity index (χ1) is 9.69. The molecular weight excluding hydrogens is 260 g/mol. The molecule has 1 aromatic carbocycles. The summed E-state index contributed by atoms with van der Waals surface area (Å²) in [7, 11) is 0. The van der Waals surface area contributed by atoms with Gasteiger partial charge < -0.3 is 14.3 Å². The number of benzene rings is 1. The van der Waals surface area contributed by atoms with E-state index in [2.05, 4.69) is 0 Å². The molecule has 0 aromatic heterocycles. The largest absolute Gasteiger partial charge is 0.462 e. The number of carbonyl (C=O) groups excluding carboxylic acids is 3. The lowest BCUT2D eigenvalue weighted by atomic mass is 9.93. The van der Waals surface area contributed by atoms with Crippen LogP contribution in [-0.4, -0.2) is 30.4 Å². The molecule has 2 aliphatic rings. The van der Waals surface area contributed by atoms with Gasteiger partial charge in [0.2, 0.25) is 0 Å². The zero-order valence-corrected chi connectivity index (χ0v) is 10.7. The van der Waals surface area contributed by atoms with Gasteiger partial charge in [-0.2, -0.15) is 0 Å². The second-order valence-corrected chi connectivity index (χ2v) is 5.16. The number of hydrogen-bond donors (Lipinski definition) is 0. The summed E-state index contributed by atoms with van der Waals surface area (Å²) in [6.45, 7) is 0. The highest BCUT2D eigenvalue weighted by atomic mass is 16.6. The van der Waals surface area contributed by atoms with Crippen LogP contribution in [0.1, 0.15) is 23.2 Å². The normalized spacial score (nSPS) is 31.5. The Bertz CT molecular complexity index is 538. The summed E-state index contributed by atoms with van der Waals surface area (Å²) in [4.78, 5) is 34.4. The smallest absolute Gasteiger partial charge is 0.338 e. The lowest BCUT2D eigenvalue weighted by Gasteiger charge is -2.17. The highest BCUT2D eigenvalue weighted by Crippen LogP contribution is 2.41. The van der Waals surface area contributed by atoms with Gasteiger partial charge in [0, 0.05) is 12.3 Å². The second-order valence-electron chi connectivity index (χ2n) is 5.16. The SMILES string of the molecule is O=C[C@H]1[C@H]2CC(=O)O[C@@H]2C[C@@H]1OC(=O)c1ccccc1. The van der Waals surface area contributed by atoms with E-state index in [4.69, 9.17) is 9.47 Å². The van der Waals surface area contributed by atoms with Crippen LogP contribution in [0.5, 0.6) is 0 Å². The van der Waals surface area contributed by atoms with Crippen molar-refractivity contribution in [1.29, 1.82) is 0 Å². The van der Waals surface area contributed by atoms with Gasteiger partial charge in [0.25, 0.3) is 0 Å². The van der Waals surface area contributed by atoms with Crippen molar-refractivity contribution in [2.45, 2.75) is 25.0 Å². The number of esters is 2. The Kier molecular flexibility index (Phi) is 3.26. The average Bonchev–Trinajstić information content (AvgIpc) is 2.95. The predicted octanol–water partition coefficient (Wildman–Crippen LogP) is 1.36. The average molecular weight is 274 g/mol. The summed E-state index contributed by atoms with van der Waals surface area (Å²) in [6.07, 6.45) is 0.594. The van der Waals surface area contributed by atoms with Gasteiger partial charge in [-0.25, -0.2) is 4.79 Å². The minimum atomic E-state index is -0.511. The monoisotopic (exact) mass is 274 g/mol. The Hall–Kier alpha value is -2.17. The van der Waals surface area contributed by atoms with Crippen LogP contribution in [0.4, 0.5) is 0 Å². The van der Waals surface area contributed by atoms with Crippen molar-refractivity contribution in [1.82, 2.24) is 0 Å². The highest BCUT2D eigenvalue weighted by molar-refractivity contribution is 5.89. The number of fused-ring (bicyclic) bond motifs is 1. The van der Waals surface area contributed by atoms with Gasteiger partial charge in [-0.3, -0.25) is 4.79 Å². The van der Waals surface area contributed by atoms with Crippen LogP contribution in [0.3, 0.4) is 0 Å². The first kappa shape index (κ1) is 12.8. The minimum absolute atomic E-state index is 0.159. The van der Waals surface area contributed by atoms with Crippen LogP contribution in [0.2, 0.25) is 0 Å². The van der Waals surface area contributed by atoms with Crippen LogP contribution in [-0.2, 0) is 19.1 Å². The fraction of sp³-hybridized carbons (Fsp3) is 0.400. The Morgan fingerprint density at radius 1 is 1.30 bits per heavy atom. The molecule has 0 N–H and O–H groups in total. The molecule has 0 unspecified atom stereocenters. The fourth-order valence-corrected chi connectivity index (χ4v) is 2.99. The Morgan fingerprint density at radius 3 is 2.75 bits per heavy atom. The van der Waals surface area contributed by atoms with Gasteiger partial charge in [-0.05, 0) is 12.1 Å². The lowest BCUT2D eigenvalue weighted by Crippen LogP contribution is -2.27. The molecular formula is C15H14O5. The van der Waals surface area contributed by atoms with Gasteiger partial charge in [0.05, 0.1) is 17.9 Å².